The first-order valence-electron chi connectivity index (χ1n) is 11.8. The maximum absolute atomic E-state index is 13.6. The number of carbonyl (C=O) groups is 2. The zero-order valence-electron chi connectivity index (χ0n) is 21.0. The number of rotatable bonds is 5. The predicted octanol–water partition coefficient (Wildman–Crippen LogP) is 4.69. The molecule has 35 heavy (non-hydrogen) atoms. The fourth-order valence-electron chi connectivity index (χ4n) is 4.91. The Kier molecular flexibility index (Phi) is 8.24. The second-order valence-corrected chi connectivity index (χ2v) is 10.3. The van der Waals surface area contributed by atoms with Gasteiger partial charge in [0.2, 0.25) is 0 Å². The van der Waals surface area contributed by atoms with E-state index < -0.39 is 23.4 Å². The summed E-state index contributed by atoms with van der Waals surface area (Å²) in [4.78, 5) is 28.2. The second-order valence-electron chi connectivity index (χ2n) is 10.3. The summed E-state index contributed by atoms with van der Waals surface area (Å²) in [6.45, 7) is 7.30. The molecule has 2 heterocycles. The molecule has 0 radical (unpaired) electrons. The third kappa shape index (κ3) is 6.59. The van der Waals surface area contributed by atoms with Gasteiger partial charge in [-0.15, -0.1) is 0 Å². The third-order valence-corrected chi connectivity index (χ3v) is 6.60. The quantitative estimate of drug-likeness (QED) is 0.547. The van der Waals surface area contributed by atoms with E-state index in [1.165, 1.54) is 19.2 Å². The number of hydrogen-bond donors (Lipinski definition) is 0. The average Bonchev–Trinajstić information content (AvgIpc) is 3.21. The Bertz CT molecular complexity index is 907. The first kappa shape index (κ1) is 27.1. The molecule has 2 fully saturated rings. The minimum absolute atomic E-state index is 0.101. The zero-order chi connectivity index (χ0) is 26.0. The van der Waals surface area contributed by atoms with E-state index in [-0.39, 0.29) is 23.7 Å². The lowest BCUT2D eigenvalue weighted by atomic mass is 9.86. The van der Waals surface area contributed by atoms with Crippen molar-refractivity contribution in [1.82, 2.24) is 4.90 Å². The molecular weight excluding hydrogens is 465 g/mol. The standard InChI is InChI=1S/C25H35F3N2O5/c1-24(2,3)35-23(32)30-13-17(15-33-4)20(14-30)19-7-6-18(25(26,27)28)12-21(19)29-10-8-16(9-11-29)22(31)34-5/h6-7,12,16-17,20H,8-11,13-15H2,1-5H3/t17-,20+/m1/s1. The molecule has 0 bridgehead atoms. The SMILES string of the molecule is COC[C@H]1CN(C(=O)OC(C)(C)C)C[C@@H]1c1ccc(C(F)(F)F)cc1N1CCC(C(=O)OC)CC1. The fraction of sp³-hybridized carbons (Fsp3) is 0.680. The van der Waals surface area contributed by atoms with Crippen LogP contribution in [0.5, 0.6) is 0 Å². The smallest absolute Gasteiger partial charge is 0.416 e. The molecule has 196 valence electrons. The largest absolute Gasteiger partial charge is 0.469 e. The first-order chi connectivity index (χ1) is 16.3. The number of hydrogen-bond acceptors (Lipinski definition) is 6. The van der Waals surface area contributed by atoms with Gasteiger partial charge in [0.25, 0.3) is 0 Å². The Hall–Kier alpha value is -2.49. The summed E-state index contributed by atoms with van der Waals surface area (Å²) < 4.78 is 56.6. The molecule has 0 unspecified atom stereocenters. The van der Waals surface area contributed by atoms with Crippen LogP contribution in [-0.2, 0) is 25.2 Å². The molecular formula is C25H35F3N2O5. The summed E-state index contributed by atoms with van der Waals surface area (Å²) in [5, 5.41) is 0. The Balaban J connectivity index is 1.93. The molecule has 7 nitrogen and oxygen atoms in total. The van der Waals surface area contributed by atoms with Gasteiger partial charge in [-0.2, -0.15) is 13.2 Å². The lowest BCUT2D eigenvalue weighted by Gasteiger charge is -2.35. The monoisotopic (exact) mass is 500 g/mol. The Labute approximate surface area is 204 Å². The van der Waals surface area contributed by atoms with Crippen molar-refractivity contribution in [2.24, 2.45) is 11.8 Å². The van der Waals surface area contributed by atoms with Crippen LogP contribution in [0, 0.1) is 11.8 Å². The summed E-state index contributed by atoms with van der Waals surface area (Å²) in [7, 11) is 2.91. The van der Waals surface area contributed by atoms with E-state index in [1.807, 2.05) is 4.90 Å². The van der Waals surface area contributed by atoms with E-state index in [0.29, 0.717) is 51.3 Å². The van der Waals surface area contributed by atoms with Gasteiger partial charge >= 0.3 is 18.2 Å². The number of anilines is 1. The number of alkyl halides is 3. The van der Waals surface area contributed by atoms with Crippen LogP contribution in [0.3, 0.4) is 0 Å². The highest BCUT2D eigenvalue weighted by Gasteiger charge is 2.41. The molecule has 0 aromatic heterocycles. The van der Waals surface area contributed by atoms with Crippen LogP contribution >= 0.6 is 0 Å². The van der Waals surface area contributed by atoms with Gasteiger partial charge in [-0.3, -0.25) is 4.79 Å². The number of halogens is 3. The lowest BCUT2D eigenvalue weighted by molar-refractivity contribution is -0.146. The van der Waals surface area contributed by atoms with E-state index in [9.17, 15) is 22.8 Å². The molecule has 2 aliphatic rings. The third-order valence-electron chi connectivity index (χ3n) is 6.60. The fourth-order valence-corrected chi connectivity index (χ4v) is 4.91. The lowest BCUT2D eigenvalue weighted by Crippen LogP contribution is -2.38. The number of carbonyl (C=O) groups excluding carboxylic acids is 2. The highest BCUT2D eigenvalue weighted by atomic mass is 19.4. The number of ether oxygens (including phenoxy) is 3. The molecule has 1 amide bonds. The summed E-state index contributed by atoms with van der Waals surface area (Å²) >= 11 is 0. The Morgan fingerprint density at radius 2 is 1.71 bits per heavy atom. The number of amides is 1. The van der Waals surface area contributed by atoms with E-state index >= 15 is 0 Å². The van der Waals surface area contributed by atoms with Crippen molar-refractivity contribution in [2.75, 3.05) is 51.9 Å². The molecule has 0 aliphatic carbocycles. The van der Waals surface area contributed by atoms with Gasteiger partial charge < -0.3 is 24.0 Å². The highest BCUT2D eigenvalue weighted by Crippen LogP contribution is 2.42. The second kappa shape index (κ2) is 10.6. The molecule has 1 aromatic carbocycles. The highest BCUT2D eigenvalue weighted by molar-refractivity contribution is 5.73. The average molecular weight is 501 g/mol. The summed E-state index contributed by atoms with van der Waals surface area (Å²) in [6.07, 6.45) is -3.94. The Morgan fingerprint density at radius 3 is 2.26 bits per heavy atom. The molecule has 2 saturated heterocycles. The van der Waals surface area contributed by atoms with Gasteiger partial charge in [0.1, 0.15) is 5.60 Å². The molecule has 1 aromatic rings. The van der Waals surface area contributed by atoms with Gasteiger partial charge in [0.05, 0.1) is 25.2 Å². The molecule has 0 N–H and O–H groups in total. The summed E-state index contributed by atoms with van der Waals surface area (Å²) in [6, 6.07) is 3.81. The van der Waals surface area contributed by atoms with Crippen molar-refractivity contribution in [2.45, 2.75) is 51.3 Å². The first-order valence-corrected chi connectivity index (χ1v) is 11.8. The predicted molar refractivity (Wildman–Crippen MR) is 124 cm³/mol. The maximum Gasteiger partial charge on any atom is 0.416 e. The van der Waals surface area contributed by atoms with Crippen LogP contribution in [-0.4, -0.2) is 69.6 Å². The topological polar surface area (TPSA) is 68.3 Å². The van der Waals surface area contributed by atoms with E-state index in [2.05, 4.69) is 0 Å². The summed E-state index contributed by atoms with van der Waals surface area (Å²) in [5.41, 5.74) is -0.158. The van der Waals surface area contributed by atoms with Gasteiger partial charge in [0.15, 0.2) is 0 Å². The van der Waals surface area contributed by atoms with Crippen molar-refractivity contribution in [1.29, 1.82) is 0 Å². The molecule has 0 saturated carbocycles. The number of esters is 1. The van der Waals surface area contributed by atoms with Crippen LogP contribution in [0.25, 0.3) is 0 Å². The van der Waals surface area contributed by atoms with Gasteiger partial charge in [0, 0.05) is 50.8 Å². The normalized spacial score (nSPS) is 21.8. The van der Waals surface area contributed by atoms with Crippen LogP contribution in [0.15, 0.2) is 18.2 Å². The van der Waals surface area contributed by atoms with Crippen molar-refractivity contribution in [3.63, 3.8) is 0 Å². The number of piperidine rings is 1. The number of nitrogens with zero attached hydrogens (tertiary/aromatic N) is 2. The summed E-state index contributed by atoms with van der Waals surface area (Å²) in [5.74, 6) is -0.882. The minimum Gasteiger partial charge on any atom is -0.469 e. The van der Waals surface area contributed by atoms with E-state index in [1.54, 1.807) is 32.8 Å². The van der Waals surface area contributed by atoms with Crippen molar-refractivity contribution >= 4 is 17.7 Å². The van der Waals surface area contributed by atoms with Crippen LogP contribution in [0.4, 0.5) is 23.7 Å². The van der Waals surface area contributed by atoms with Crippen LogP contribution in [0.1, 0.15) is 50.7 Å². The molecule has 10 heteroatoms. The van der Waals surface area contributed by atoms with Gasteiger partial charge in [-0.25, -0.2) is 4.79 Å². The number of benzene rings is 1. The van der Waals surface area contributed by atoms with Crippen molar-refractivity contribution in [3.05, 3.63) is 29.3 Å². The maximum atomic E-state index is 13.6. The van der Waals surface area contributed by atoms with Crippen molar-refractivity contribution in [3.8, 4) is 0 Å². The van der Waals surface area contributed by atoms with Gasteiger partial charge in [-0.1, -0.05) is 6.07 Å². The molecule has 2 atom stereocenters. The Morgan fingerprint density at radius 1 is 1.06 bits per heavy atom. The molecule has 2 aliphatic heterocycles. The molecule has 3 rings (SSSR count). The van der Waals surface area contributed by atoms with Crippen LogP contribution < -0.4 is 4.90 Å². The van der Waals surface area contributed by atoms with E-state index in [4.69, 9.17) is 14.2 Å². The van der Waals surface area contributed by atoms with E-state index in [0.717, 1.165) is 11.6 Å². The number of methoxy groups -OCH3 is 2. The number of likely N-dealkylation sites (tertiary alicyclic amines) is 1. The molecule has 0 spiro atoms. The van der Waals surface area contributed by atoms with Crippen LogP contribution in [0.2, 0.25) is 0 Å². The minimum atomic E-state index is -4.48. The van der Waals surface area contributed by atoms with Crippen molar-refractivity contribution < 1.29 is 37.0 Å². The zero-order valence-corrected chi connectivity index (χ0v) is 21.0. The van der Waals surface area contributed by atoms with Gasteiger partial charge in [-0.05, 0) is 51.3 Å².